The van der Waals surface area contributed by atoms with E-state index in [4.69, 9.17) is 17.7 Å². The highest BCUT2D eigenvalue weighted by Gasteiger charge is 2.36. The molecule has 0 aliphatic carbocycles. The Morgan fingerprint density at radius 2 is 1.19 bits per heavy atom. The number of carbonyl (C=O) groups excluding carboxylic acids is 2. The summed E-state index contributed by atoms with van der Waals surface area (Å²) in [6.45, 7) is 6.97. The van der Waals surface area contributed by atoms with Gasteiger partial charge in [-0.2, -0.15) is 0 Å². The molecule has 0 bridgehead atoms. The number of carbonyl (C=O) groups is 2. The third-order valence-electron chi connectivity index (χ3n) is 1.45. The van der Waals surface area contributed by atoms with E-state index in [9.17, 15) is 9.59 Å². The molecule has 0 fully saturated rings. The first-order valence-electron chi connectivity index (χ1n) is 5.08. The molecule has 0 spiro atoms. The lowest BCUT2D eigenvalue weighted by Crippen LogP contribution is -2.47. The van der Waals surface area contributed by atoms with Crippen molar-refractivity contribution in [3.63, 3.8) is 0 Å². The Balaban J connectivity index is 4.49. The SMILES string of the molecule is CCO[SiH](OC(C)=O)[SiH](OCC)OC(C)=O. The highest BCUT2D eigenvalue weighted by Crippen LogP contribution is 2.01. The Hall–Kier alpha value is -0.706. The second kappa shape index (κ2) is 8.45. The molecule has 0 radical (unpaired) electrons. The van der Waals surface area contributed by atoms with E-state index < -0.39 is 29.5 Å². The third-order valence-corrected chi connectivity index (χ3v) is 7.65. The maximum Gasteiger partial charge on any atom is 0.440 e. The second-order valence-electron chi connectivity index (χ2n) is 2.87. The van der Waals surface area contributed by atoms with Gasteiger partial charge in [-0.1, -0.05) is 0 Å². The lowest BCUT2D eigenvalue weighted by molar-refractivity contribution is -0.135. The zero-order valence-electron chi connectivity index (χ0n) is 10.0. The molecule has 0 amide bonds. The van der Waals surface area contributed by atoms with E-state index in [-0.39, 0.29) is 0 Å². The predicted molar refractivity (Wildman–Crippen MR) is 61.1 cm³/mol. The van der Waals surface area contributed by atoms with Crippen molar-refractivity contribution in [3.8, 4) is 0 Å². The highest BCUT2D eigenvalue weighted by atomic mass is 29.2. The fourth-order valence-corrected chi connectivity index (χ4v) is 6.89. The van der Waals surface area contributed by atoms with Crippen molar-refractivity contribution in [2.75, 3.05) is 13.2 Å². The normalized spacial score (nSPS) is 14.0. The van der Waals surface area contributed by atoms with Gasteiger partial charge in [0.15, 0.2) is 0 Å². The number of rotatable bonds is 7. The summed E-state index contributed by atoms with van der Waals surface area (Å²) in [5, 5.41) is 0. The van der Waals surface area contributed by atoms with E-state index in [1.165, 1.54) is 13.8 Å². The first-order chi connectivity index (χ1) is 7.51. The minimum absolute atomic E-state index is 0.405. The Morgan fingerprint density at radius 1 is 0.875 bits per heavy atom. The van der Waals surface area contributed by atoms with Crippen LogP contribution < -0.4 is 0 Å². The van der Waals surface area contributed by atoms with Crippen LogP contribution in [0.5, 0.6) is 0 Å². The monoisotopic (exact) mass is 266 g/mol. The van der Waals surface area contributed by atoms with Gasteiger partial charge in [0.25, 0.3) is 11.9 Å². The second-order valence-corrected chi connectivity index (χ2v) is 8.74. The van der Waals surface area contributed by atoms with E-state index in [1.54, 1.807) is 13.8 Å². The molecule has 0 aromatic rings. The van der Waals surface area contributed by atoms with Crippen molar-refractivity contribution in [1.29, 1.82) is 0 Å². The van der Waals surface area contributed by atoms with Gasteiger partial charge in [-0.15, -0.1) is 0 Å². The molecular weight excluding hydrogens is 248 g/mol. The average molecular weight is 266 g/mol. The quantitative estimate of drug-likeness (QED) is 0.590. The molecule has 16 heavy (non-hydrogen) atoms. The lowest BCUT2D eigenvalue weighted by Gasteiger charge is -2.21. The number of hydrogen-bond donors (Lipinski definition) is 0. The molecule has 8 heteroatoms. The van der Waals surface area contributed by atoms with Gasteiger partial charge in [-0.3, -0.25) is 9.59 Å². The maximum absolute atomic E-state index is 10.9. The fraction of sp³-hybridized carbons (Fsp3) is 0.750. The van der Waals surface area contributed by atoms with Gasteiger partial charge in [0.1, 0.15) is 0 Å². The molecule has 0 N–H and O–H groups in total. The molecule has 2 atom stereocenters. The summed E-state index contributed by atoms with van der Waals surface area (Å²) in [7, 11) is -4.71. The fourth-order valence-electron chi connectivity index (χ4n) is 0.992. The van der Waals surface area contributed by atoms with E-state index in [2.05, 4.69) is 0 Å². The topological polar surface area (TPSA) is 71.1 Å². The summed E-state index contributed by atoms with van der Waals surface area (Å²) in [4.78, 5) is 21.8. The van der Waals surface area contributed by atoms with Gasteiger partial charge < -0.3 is 17.7 Å². The van der Waals surface area contributed by atoms with Crippen molar-refractivity contribution in [1.82, 2.24) is 0 Å². The lowest BCUT2D eigenvalue weighted by atomic mass is 10.9. The molecule has 0 heterocycles. The van der Waals surface area contributed by atoms with E-state index in [0.717, 1.165) is 0 Å². The van der Waals surface area contributed by atoms with Crippen LogP contribution in [-0.4, -0.2) is 42.8 Å². The molecule has 0 aromatic carbocycles. The van der Waals surface area contributed by atoms with Crippen LogP contribution >= 0.6 is 0 Å². The van der Waals surface area contributed by atoms with Crippen molar-refractivity contribution in [3.05, 3.63) is 0 Å². The van der Waals surface area contributed by atoms with Crippen LogP contribution in [0.3, 0.4) is 0 Å². The average Bonchev–Trinajstić information content (AvgIpc) is 2.15. The van der Waals surface area contributed by atoms with Crippen LogP contribution in [0.1, 0.15) is 27.7 Å². The third kappa shape index (κ3) is 6.72. The molecule has 6 nitrogen and oxygen atoms in total. The summed E-state index contributed by atoms with van der Waals surface area (Å²) < 4.78 is 20.7. The van der Waals surface area contributed by atoms with Gasteiger partial charge in [0.2, 0.25) is 0 Å². The van der Waals surface area contributed by atoms with E-state index in [0.29, 0.717) is 13.2 Å². The molecule has 2 unspecified atom stereocenters. The molecule has 94 valence electrons. The molecule has 0 aromatic heterocycles. The minimum Gasteiger partial charge on any atom is -0.495 e. The first-order valence-corrected chi connectivity index (χ1v) is 9.64. The Bertz CT molecular complexity index is 211. The summed E-state index contributed by atoms with van der Waals surface area (Å²) in [6.07, 6.45) is 0. The zero-order chi connectivity index (χ0) is 12.6. The molecular formula is C8H18O6Si2. The zero-order valence-corrected chi connectivity index (χ0v) is 12.3. The molecule has 0 aliphatic rings. The van der Waals surface area contributed by atoms with Crippen LogP contribution in [-0.2, 0) is 27.3 Å². The van der Waals surface area contributed by atoms with Gasteiger partial charge in [-0.05, 0) is 13.8 Å². The van der Waals surface area contributed by atoms with Crippen molar-refractivity contribution in [2.24, 2.45) is 0 Å². The van der Waals surface area contributed by atoms with Gasteiger partial charge >= 0.3 is 17.6 Å². The smallest absolute Gasteiger partial charge is 0.440 e. The van der Waals surface area contributed by atoms with Crippen LogP contribution in [0.4, 0.5) is 0 Å². The van der Waals surface area contributed by atoms with Crippen LogP contribution in [0.25, 0.3) is 0 Å². The molecule has 0 aliphatic heterocycles. The highest BCUT2D eigenvalue weighted by molar-refractivity contribution is 7.11. The summed E-state index contributed by atoms with van der Waals surface area (Å²) >= 11 is 0. The van der Waals surface area contributed by atoms with Gasteiger partial charge in [0, 0.05) is 27.1 Å². The summed E-state index contributed by atoms with van der Waals surface area (Å²) in [5.41, 5.74) is 0. The summed E-state index contributed by atoms with van der Waals surface area (Å²) in [5.74, 6) is -0.871. The van der Waals surface area contributed by atoms with Crippen LogP contribution in [0.2, 0.25) is 0 Å². The van der Waals surface area contributed by atoms with Crippen molar-refractivity contribution < 1.29 is 27.3 Å². The van der Waals surface area contributed by atoms with Crippen molar-refractivity contribution in [2.45, 2.75) is 27.7 Å². The standard InChI is InChI=1S/C8H18O6Si2/c1-5-11-15(13-7(3)9)16(12-6-2)14-8(4)10/h15-16H,5-6H2,1-4H3. The van der Waals surface area contributed by atoms with Gasteiger partial charge in [-0.25, -0.2) is 0 Å². The molecule has 0 rings (SSSR count). The largest absolute Gasteiger partial charge is 0.495 e. The number of hydrogen-bond acceptors (Lipinski definition) is 6. The van der Waals surface area contributed by atoms with Crippen LogP contribution in [0, 0.1) is 0 Å². The van der Waals surface area contributed by atoms with Gasteiger partial charge in [0.05, 0.1) is 0 Å². The molecule has 0 saturated heterocycles. The van der Waals surface area contributed by atoms with E-state index >= 15 is 0 Å². The van der Waals surface area contributed by atoms with Crippen molar-refractivity contribution >= 4 is 29.5 Å². The minimum atomic E-state index is -2.36. The molecule has 0 saturated carbocycles. The Kier molecular flexibility index (Phi) is 8.07. The van der Waals surface area contributed by atoms with E-state index in [1.807, 2.05) is 0 Å². The van der Waals surface area contributed by atoms with Crippen LogP contribution in [0.15, 0.2) is 0 Å². The summed E-state index contributed by atoms with van der Waals surface area (Å²) in [6, 6.07) is 0. The Morgan fingerprint density at radius 3 is 1.38 bits per heavy atom. The predicted octanol–water partition coefficient (Wildman–Crippen LogP) is -0.295. The first kappa shape index (κ1) is 15.3. The maximum atomic E-state index is 10.9. The Labute approximate surface area is 98.3 Å².